The monoisotopic (exact) mass is 382 g/mol. The molecule has 7 nitrogen and oxygen atoms in total. The number of likely N-dealkylation sites (N-methyl/N-ethyl adjacent to an activating group) is 1. The van der Waals surface area contributed by atoms with Crippen LogP contribution in [0.3, 0.4) is 0 Å². The fraction of sp³-hybridized carbons (Fsp3) is 0.381. The van der Waals surface area contributed by atoms with Gasteiger partial charge in [-0.1, -0.05) is 36.4 Å². The second-order valence-corrected chi connectivity index (χ2v) is 7.73. The van der Waals surface area contributed by atoms with Gasteiger partial charge in [-0.2, -0.15) is 0 Å². The first-order valence-electron chi connectivity index (χ1n) is 9.32. The third-order valence-electron chi connectivity index (χ3n) is 4.85. The summed E-state index contributed by atoms with van der Waals surface area (Å²) in [6, 6.07) is 13.2. The molecule has 0 aromatic heterocycles. The summed E-state index contributed by atoms with van der Waals surface area (Å²) in [5, 5.41) is 7.68. The summed E-state index contributed by atoms with van der Waals surface area (Å²) in [5.41, 5.74) is -0.408. The molecule has 28 heavy (non-hydrogen) atoms. The fourth-order valence-electron chi connectivity index (χ4n) is 3.43. The normalized spacial score (nSPS) is 19.6. The number of urea groups is 1. The van der Waals surface area contributed by atoms with Gasteiger partial charge in [0.1, 0.15) is 5.54 Å². The predicted molar refractivity (Wildman–Crippen MR) is 107 cm³/mol. The van der Waals surface area contributed by atoms with Gasteiger partial charge in [-0.05, 0) is 50.2 Å². The van der Waals surface area contributed by atoms with Crippen LogP contribution in [-0.2, 0) is 15.1 Å². The maximum atomic E-state index is 13.1. The van der Waals surface area contributed by atoms with Gasteiger partial charge in [0.25, 0.3) is 5.91 Å². The van der Waals surface area contributed by atoms with Crippen LogP contribution >= 0.6 is 0 Å². The molecule has 0 saturated carbocycles. The number of hydrogen-bond acceptors (Lipinski definition) is 4. The van der Waals surface area contributed by atoms with Crippen LogP contribution in [0, 0.1) is 0 Å². The molecule has 1 fully saturated rings. The maximum Gasteiger partial charge on any atom is 0.326 e. The molecule has 1 atom stereocenters. The maximum absolute atomic E-state index is 13.1. The first-order valence-corrected chi connectivity index (χ1v) is 9.32. The Bertz CT molecular complexity index is 927. The lowest BCUT2D eigenvalue weighted by atomic mass is 9.90. The molecule has 0 aliphatic carbocycles. The van der Waals surface area contributed by atoms with Gasteiger partial charge in [-0.3, -0.25) is 14.5 Å². The Morgan fingerprint density at radius 2 is 1.86 bits per heavy atom. The summed E-state index contributed by atoms with van der Waals surface area (Å²) >= 11 is 0. The topological polar surface area (TPSA) is 81.8 Å². The summed E-state index contributed by atoms with van der Waals surface area (Å²) in [6.45, 7) is 5.61. The van der Waals surface area contributed by atoms with Gasteiger partial charge >= 0.3 is 6.03 Å². The molecule has 4 amide bonds. The van der Waals surface area contributed by atoms with Crippen molar-refractivity contribution in [3.05, 3.63) is 48.0 Å². The number of nitrogens with zero attached hydrogens (tertiary/aromatic N) is 2. The Balaban J connectivity index is 1.77. The molecule has 0 radical (unpaired) electrons. The summed E-state index contributed by atoms with van der Waals surface area (Å²) in [5.74, 6) is -0.481. The van der Waals surface area contributed by atoms with Gasteiger partial charge in [0.05, 0.1) is 13.2 Å². The van der Waals surface area contributed by atoms with E-state index in [0.29, 0.717) is 0 Å². The number of carbonyl (C=O) groups is 3. The molecule has 1 aliphatic rings. The Morgan fingerprint density at radius 3 is 2.54 bits per heavy atom. The van der Waals surface area contributed by atoms with Gasteiger partial charge in [-0.15, -0.1) is 0 Å². The van der Waals surface area contributed by atoms with E-state index in [0.717, 1.165) is 21.2 Å². The number of hydrogen-bond donors (Lipinski definition) is 2. The van der Waals surface area contributed by atoms with Crippen LogP contribution in [0.4, 0.5) is 4.79 Å². The van der Waals surface area contributed by atoms with Crippen LogP contribution in [0.15, 0.2) is 42.5 Å². The van der Waals surface area contributed by atoms with Crippen LogP contribution in [0.5, 0.6) is 0 Å². The van der Waals surface area contributed by atoms with Crippen LogP contribution in [0.2, 0.25) is 0 Å². The third kappa shape index (κ3) is 3.84. The lowest BCUT2D eigenvalue weighted by Gasteiger charge is -2.25. The summed E-state index contributed by atoms with van der Waals surface area (Å²) < 4.78 is 0. The Hall–Kier alpha value is -2.93. The van der Waals surface area contributed by atoms with E-state index >= 15 is 0 Å². The highest BCUT2D eigenvalue weighted by Gasteiger charge is 2.49. The van der Waals surface area contributed by atoms with Crippen molar-refractivity contribution in [2.45, 2.75) is 32.4 Å². The minimum absolute atomic E-state index is 0.0359. The summed E-state index contributed by atoms with van der Waals surface area (Å²) in [7, 11) is 1.70. The lowest BCUT2D eigenvalue weighted by molar-refractivity contribution is -0.133. The second-order valence-electron chi connectivity index (χ2n) is 7.73. The lowest BCUT2D eigenvalue weighted by Crippen LogP contribution is -2.46. The molecule has 0 spiro atoms. The van der Waals surface area contributed by atoms with Gasteiger partial charge in [0, 0.05) is 6.04 Å². The van der Waals surface area contributed by atoms with E-state index in [-0.39, 0.29) is 31.1 Å². The molecular weight excluding hydrogens is 356 g/mol. The van der Waals surface area contributed by atoms with E-state index in [2.05, 4.69) is 10.6 Å². The van der Waals surface area contributed by atoms with E-state index < -0.39 is 11.6 Å². The molecule has 7 heteroatoms. The van der Waals surface area contributed by atoms with Crippen molar-refractivity contribution in [2.24, 2.45) is 0 Å². The average molecular weight is 382 g/mol. The van der Waals surface area contributed by atoms with E-state index in [1.54, 1.807) is 18.9 Å². The summed E-state index contributed by atoms with van der Waals surface area (Å²) in [6.07, 6.45) is 0. The Morgan fingerprint density at radius 1 is 1.18 bits per heavy atom. The quantitative estimate of drug-likeness (QED) is 0.749. The van der Waals surface area contributed by atoms with Crippen molar-refractivity contribution in [3.8, 4) is 0 Å². The van der Waals surface area contributed by atoms with Crippen molar-refractivity contribution in [2.75, 3.05) is 20.3 Å². The van der Waals surface area contributed by atoms with Crippen molar-refractivity contribution >= 4 is 28.6 Å². The zero-order valence-electron chi connectivity index (χ0n) is 16.7. The molecule has 3 rings (SSSR count). The smallest absolute Gasteiger partial charge is 0.326 e. The van der Waals surface area contributed by atoms with Gasteiger partial charge in [-0.25, -0.2) is 9.69 Å². The fourth-order valence-corrected chi connectivity index (χ4v) is 3.43. The molecule has 0 unspecified atom stereocenters. The van der Waals surface area contributed by atoms with Gasteiger partial charge in [0.15, 0.2) is 0 Å². The van der Waals surface area contributed by atoms with Crippen LogP contribution < -0.4 is 10.6 Å². The van der Waals surface area contributed by atoms with Crippen molar-refractivity contribution in [1.82, 2.24) is 20.4 Å². The van der Waals surface area contributed by atoms with E-state index in [1.165, 1.54) is 0 Å². The number of fused-ring (bicyclic) bond motifs is 1. The largest absolute Gasteiger partial charge is 0.353 e. The van der Waals surface area contributed by atoms with Crippen molar-refractivity contribution in [3.63, 3.8) is 0 Å². The van der Waals surface area contributed by atoms with Crippen LogP contribution in [0.25, 0.3) is 10.8 Å². The predicted octanol–water partition coefficient (Wildman–Crippen LogP) is 2.02. The molecule has 1 aliphatic heterocycles. The Kier molecular flexibility index (Phi) is 5.38. The number of imide groups is 1. The number of amides is 4. The van der Waals surface area contributed by atoms with Crippen LogP contribution in [0.1, 0.15) is 26.3 Å². The van der Waals surface area contributed by atoms with Crippen LogP contribution in [-0.4, -0.2) is 53.9 Å². The minimum atomic E-state index is -1.14. The van der Waals surface area contributed by atoms with E-state index in [1.807, 2.05) is 56.3 Å². The summed E-state index contributed by atoms with van der Waals surface area (Å²) in [4.78, 5) is 40.3. The number of carbonyl (C=O) groups excluding carboxylic acids is 3. The highest BCUT2D eigenvalue weighted by atomic mass is 16.2. The minimum Gasteiger partial charge on any atom is -0.353 e. The number of rotatable bonds is 6. The molecule has 1 heterocycles. The molecule has 1 saturated heterocycles. The molecule has 0 bridgehead atoms. The molecule has 2 N–H and O–H groups in total. The SMILES string of the molecule is CC(C)NC(=O)CN(C)CN1C(=O)N[C@](C)(c2ccc3ccccc3c2)C1=O. The van der Waals surface area contributed by atoms with Gasteiger partial charge < -0.3 is 10.6 Å². The van der Waals surface area contributed by atoms with E-state index in [4.69, 9.17) is 0 Å². The first kappa shape index (κ1) is 19.8. The zero-order valence-corrected chi connectivity index (χ0v) is 16.7. The first-order chi connectivity index (χ1) is 13.2. The van der Waals surface area contributed by atoms with E-state index in [9.17, 15) is 14.4 Å². The molecule has 2 aromatic carbocycles. The average Bonchev–Trinajstić information content (AvgIpc) is 2.84. The molecular formula is C21H26N4O3. The van der Waals surface area contributed by atoms with Crippen molar-refractivity contribution in [1.29, 1.82) is 0 Å². The zero-order chi connectivity index (χ0) is 20.5. The highest BCUT2D eigenvalue weighted by molar-refractivity contribution is 6.07. The number of nitrogens with one attached hydrogen (secondary N) is 2. The van der Waals surface area contributed by atoms with Crippen molar-refractivity contribution < 1.29 is 14.4 Å². The highest BCUT2D eigenvalue weighted by Crippen LogP contribution is 2.31. The van der Waals surface area contributed by atoms with Gasteiger partial charge in [0.2, 0.25) is 5.91 Å². The standard InChI is InChI=1S/C21H26N4O3/c1-14(2)22-18(26)12-24(4)13-25-19(27)21(3,23-20(25)28)17-10-9-15-7-5-6-8-16(15)11-17/h5-11,14H,12-13H2,1-4H3,(H,22,26)(H,23,28)/t21-/m1/s1. The third-order valence-corrected chi connectivity index (χ3v) is 4.85. The second kappa shape index (κ2) is 7.59. The molecule has 148 valence electrons. The Labute approximate surface area is 164 Å². The number of benzene rings is 2. The molecule has 2 aromatic rings.